The minimum atomic E-state index is -0.537. The Bertz CT molecular complexity index is 2380. The first kappa shape index (κ1) is 37.4. The molecule has 3 saturated heterocycles. The van der Waals surface area contributed by atoms with Gasteiger partial charge in [0.25, 0.3) is 11.8 Å². The molecule has 0 saturated carbocycles. The number of urea groups is 1. The topological polar surface area (TPSA) is 166 Å². The summed E-state index contributed by atoms with van der Waals surface area (Å²) >= 11 is 0. The van der Waals surface area contributed by atoms with Crippen LogP contribution >= 0.6 is 0 Å². The molecule has 8 heterocycles. The molecule has 0 aliphatic carbocycles. The Morgan fingerprint density at radius 3 is 2.48 bits per heavy atom. The molecule has 0 radical (unpaired) electrons. The van der Waals surface area contributed by atoms with E-state index in [2.05, 4.69) is 70.0 Å². The predicted molar refractivity (Wildman–Crippen MR) is 214 cm³/mol. The second-order valence-corrected chi connectivity index (χ2v) is 15.5. The Morgan fingerprint density at radius 2 is 1.71 bits per heavy atom. The Labute approximate surface area is 334 Å². The van der Waals surface area contributed by atoms with E-state index >= 15 is 0 Å². The highest BCUT2D eigenvalue weighted by Crippen LogP contribution is 2.28. The molecular formula is C41H45FN12O4. The summed E-state index contributed by atoms with van der Waals surface area (Å²) in [6, 6.07) is 15.5. The van der Waals surface area contributed by atoms with Crippen LogP contribution in [0, 0.1) is 5.95 Å². The number of hydrogen-bond donors (Lipinski definition) is 3. The summed E-state index contributed by atoms with van der Waals surface area (Å²) in [6.45, 7) is 9.12. The monoisotopic (exact) mass is 788 g/mol. The van der Waals surface area contributed by atoms with Gasteiger partial charge in [0.05, 0.1) is 36.4 Å². The summed E-state index contributed by atoms with van der Waals surface area (Å²) in [4.78, 5) is 66.6. The lowest BCUT2D eigenvalue weighted by Crippen LogP contribution is -2.53. The number of nitrogens with zero attached hydrogens (tertiary/aromatic N) is 9. The van der Waals surface area contributed by atoms with Crippen LogP contribution in [0.2, 0.25) is 0 Å². The number of benzene rings is 1. The number of carbonyl (C=O) groups is 4. The summed E-state index contributed by atoms with van der Waals surface area (Å²) in [7, 11) is 0. The number of carbonyl (C=O) groups excluding carboxylic acids is 4. The molecule has 58 heavy (non-hydrogen) atoms. The quantitative estimate of drug-likeness (QED) is 0.188. The van der Waals surface area contributed by atoms with Gasteiger partial charge in [0.15, 0.2) is 0 Å². The van der Waals surface area contributed by atoms with Crippen LogP contribution in [0.1, 0.15) is 64.3 Å². The number of nitrogens with one attached hydrogen (secondary N) is 3. The Morgan fingerprint density at radius 1 is 0.914 bits per heavy atom. The lowest BCUT2D eigenvalue weighted by Gasteiger charge is -2.43. The molecule has 4 aromatic heterocycles. The Balaban J connectivity index is 0.734. The summed E-state index contributed by atoms with van der Waals surface area (Å²) < 4.78 is 18.4. The number of amides is 5. The molecule has 5 aromatic rings. The zero-order chi connectivity index (χ0) is 39.9. The van der Waals surface area contributed by atoms with Crippen molar-refractivity contribution < 1.29 is 23.6 Å². The molecule has 3 N–H and O–H groups in total. The fraction of sp³-hybridized carbons (Fsp3) is 0.390. The molecule has 1 aromatic carbocycles. The third-order valence-electron chi connectivity index (χ3n) is 11.7. The van der Waals surface area contributed by atoms with Gasteiger partial charge in [-0.2, -0.15) is 9.49 Å². The maximum Gasteiger partial charge on any atom is 0.328 e. The van der Waals surface area contributed by atoms with E-state index in [1.807, 2.05) is 17.6 Å². The first-order valence-electron chi connectivity index (χ1n) is 19.9. The largest absolute Gasteiger partial charge is 0.371 e. The number of imide groups is 1. The van der Waals surface area contributed by atoms with Crippen LogP contribution in [-0.2, 0) is 17.9 Å². The number of piperazine rings is 1. The fourth-order valence-electron chi connectivity index (χ4n) is 8.54. The molecule has 0 spiro atoms. The van der Waals surface area contributed by atoms with Crippen molar-refractivity contribution in [2.45, 2.75) is 51.4 Å². The van der Waals surface area contributed by atoms with Crippen LogP contribution in [-0.4, -0.2) is 116 Å². The Hall–Kier alpha value is -6.20. The standard InChI is InChI=1S/C41H45FN12O4/c1-26-20-44-40(57)35-19-28-4-7-34(47-38(28)54(26)35)39(56)46-30-21-45-52(25-30)23-27-2-5-31(6-3-27)50-11-8-32(9-12-50)51-16-14-49(15-17-51)24-29-18-33(22-43-37(29)42)53-13-10-36(55)48-41(53)58/h2-7,18-19,21-22,25-26,32H,8-17,20,23-24H2,1H3,(H,44,57)(H,46,56)(H,48,55,58)/t26-/m1/s1. The van der Waals surface area contributed by atoms with Crippen LogP contribution in [0.4, 0.5) is 26.2 Å². The summed E-state index contributed by atoms with van der Waals surface area (Å²) in [5.74, 6) is -1.34. The van der Waals surface area contributed by atoms with E-state index < -0.39 is 12.0 Å². The average Bonchev–Trinajstić information content (AvgIpc) is 3.85. The number of rotatable bonds is 9. The van der Waals surface area contributed by atoms with Crippen LogP contribution in [0.25, 0.3) is 11.0 Å². The van der Waals surface area contributed by atoms with Crippen molar-refractivity contribution in [2.24, 2.45) is 0 Å². The lowest BCUT2D eigenvalue weighted by atomic mass is 10.0. The normalized spacial score (nSPS) is 19.6. The smallest absolute Gasteiger partial charge is 0.328 e. The van der Waals surface area contributed by atoms with Crippen molar-refractivity contribution in [3.63, 3.8) is 0 Å². The fourth-order valence-corrected chi connectivity index (χ4v) is 8.54. The number of aromatic nitrogens is 5. The van der Waals surface area contributed by atoms with Crippen LogP contribution in [0.15, 0.2) is 67.1 Å². The molecule has 0 unspecified atom stereocenters. The second kappa shape index (κ2) is 15.6. The molecule has 4 aliphatic rings. The number of halogens is 1. The molecular weight excluding hydrogens is 744 g/mol. The molecule has 3 fully saturated rings. The molecule has 1 atom stereocenters. The molecule has 5 amide bonds. The van der Waals surface area contributed by atoms with E-state index in [-0.39, 0.29) is 42.4 Å². The lowest BCUT2D eigenvalue weighted by molar-refractivity contribution is -0.120. The number of fused-ring (bicyclic) bond motifs is 3. The SMILES string of the molecule is C[C@@H]1CNC(=O)c2cc3ccc(C(=O)Nc4cnn(Cc5ccc(N6CCC(N7CCN(Cc8cc(N9CCC(=O)NC9=O)cnc8F)CC7)CC6)cc5)c4)nc3n21. The van der Waals surface area contributed by atoms with E-state index in [0.29, 0.717) is 54.0 Å². The number of piperidine rings is 1. The van der Waals surface area contributed by atoms with Crippen molar-refractivity contribution in [1.82, 2.24) is 44.7 Å². The van der Waals surface area contributed by atoms with Gasteiger partial charge < -0.3 is 20.1 Å². The van der Waals surface area contributed by atoms with E-state index in [1.54, 1.807) is 35.3 Å². The van der Waals surface area contributed by atoms with Gasteiger partial charge in [-0.25, -0.2) is 14.8 Å². The maximum atomic E-state index is 14.7. The van der Waals surface area contributed by atoms with Gasteiger partial charge in [0.1, 0.15) is 17.0 Å². The summed E-state index contributed by atoms with van der Waals surface area (Å²) in [5.41, 5.74) is 5.21. The van der Waals surface area contributed by atoms with Crippen LogP contribution in [0.3, 0.4) is 0 Å². The molecule has 9 rings (SSSR count). The highest BCUT2D eigenvalue weighted by molar-refractivity contribution is 6.06. The molecule has 300 valence electrons. The summed E-state index contributed by atoms with van der Waals surface area (Å²) in [5, 5.41) is 13.4. The zero-order valence-electron chi connectivity index (χ0n) is 32.2. The minimum absolute atomic E-state index is 0.0291. The van der Waals surface area contributed by atoms with Crippen molar-refractivity contribution in [3.8, 4) is 0 Å². The first-order valence-corrected chi connectivity index (χ1v) is 19.9. The van der Waals surface area contributed by atoms with Crippen molar-refractivity contribution in [2.75, 3.05) is 67.5 Å². The highest BCUT2D eigenvalue weighted by atomic mass is 19.1. The third-order valence-corrected chi connectivity index (χ3v) is 11.7. The molecule has 0 bridgehead atoms. The van der Waals surface area contributed by atoms with Crippen LogP contribution < -0.4 is 25.8 Å². The van der Waals surface area contributed by atoms with Crippen molar-refractivity contribution in [3.05, 3.63) is 95.6 Å². The van der Waals surface area contributed by atoms with E-state index in [4.69, 9.17) is 0 Å². The predicted octanol–water partition coefficient (Wildman–Crippen LogP) is 3.60. The van der Waals surface area contributed by atoms with Crippen molar-refractivity contribution in [1.29, 1.82) is 0 Å². The molecule has 16 nitrogen and oxygen atoms in total. The average molecular weight is 789 g/mol. The number of anilines is 3. The number of hydrogen-bond acceptors (Lipinski definition) is 10. The molecule has 4 aliphatic heterocycles. The van der Waals surface area contributed by atoms with Gasteiger partial charge >= 0.3 is 6.03 Å². The first-order chi connectivity index (χ1) is 28.1. The van der Waals surface area contributed by atoms with Gasteiger partial charge in [-0.15, -0.1) is 0 Å². The maximum absolute atomic E-state index is 14.7. The number of pyridine rings is 2. The van der Waals surface area contributed by atoms with Crippen molar-refractivity contribution >= 4 is 51.8 Å². The van der Waals surface area contributed by atoms with Gasteiger partial charge in [0.2, 0.25) is 11.9 Å². The van der Waals surface area contributed by atoms with E-state index in [0.717, 1.165) is 63.1 Å². The van der Waals surface area contributed by atoms with Gasteiger partial charge in [-0.05, 0) is 61.7 Å². The Kier molecular flexibility index (Phi) is 10.1. The minimum Gasteiger partial charge on any atom is -0.371 e. The zero-order valence-corrected chi connectivity index (χ0v) is 32.2. The third kappa shape index (κ3) is 7.61. The van der Waals surface area contributed by atoms with Gasteiger partial charge in [-0.1, -0.05) is 12.1 Å². The van der Waals surface area contributed by atoms with Gasteiger partial charge in [-0.3, -0.25) is 39.1 Å². The van der Waals surface area contributed by atoms with Gasteiger partial charge in [0, 0.05) is 94.2 Å². The highest BCUT2D eigenvalue weighted by Gasteiger charge is 2.30. The van der Waals surface area contributed by atoms with E-state index in [1.165, 1.54) is 16.8 Å². The molecule has 17 heteroatoms. The summed E-state index contributed by atoms with van der Waals surface area (Å²) in [6.07, 6.45) is 7.10. The van der Waals surface area contributed by atoms with E-state index in [9.17, 15) is 23.6 Å². The van der Waals surface area contributed by atoms with Crippen LogP contribution in [0.5, 0.6) is 0 Å². The second-order valence-electron chi connectivity index (χ2n) is 15.5.